The van der Waals surface area contributed by atoms with Crippen LogP contribution in [-0.4, -0.2) is 35.4 Å². The van der Waals surface area contributed by atoms with E-state index in [0.717, 1.165) is 29.9 Å². The monoisotopic (exact) mass is 382 g/mol. The van der Waals surface area contributed by atoms with Crippen LogP contribution in [0.25, 0.3) is 16.9 Å². The summed E-state index contributed by atoms with van der Waals surface area (Å²) in [6.45, 7) is 2.34. The summed E-state index contributed by atoms with van der Waals surface area (Å²) in [5.41, 5.74) is 9.03. The summed E-state index contributed by atoms with van der Waals surface area (Å²) in [5.74, 6) is -0.551. The van der Waals surface area contributed by atoms with E-state index in [9.17, 15) is 4.79 Å². The number of benzene rings is 2. The van der Waals surface area contributed by atoms with E-state index in [1.807, 2.05) is 42.5 Å². The van der Waals surface area contributed by atoms with Gasteiger partial charge in [0, 0.05) is 18.7 Å². The van der Waals surface area contributed by atoms with Crippen LogP contribution in [-0.2, 0) is 4.74 Å². The predicted octanol–water partition coefficient (Wildman–Crippen LogP) is 2.95. The van der Waals surface area contributed by atoms with Gasteiger partial charge in [-0.2, -0.15) is 5.10 Å². The molecule has 1 aliphatic rings. The van der Waals surface area contributed by atoms with Crippen molar-refractivity contribution in [2.45, 2.75) is 6.10 Å². The zero-order chi connectivity index (χ0) is 18.8. The van der Waals surface area contributed by atoms with E-state index in [1.165, 1.54) is 0 Å². The van der Waals surface area contributed by atoms with Gasteiger partial charge in [0.25, 0.3) is 5.91 Å². The van der Waals surface area contributed by atoms with Crippen molar-refractivity contribution >= 4 is 17.5 Å². The number of hydrogen-bond donors (Lipinski definition) is 2. The number of nitrogens with one attached hydrogen (secondary N) is 1. The number of nitrogens with zero attached hydrogens (tertiary/aromatic N) is 2. The molecule has 1 atom stereocenters. The van der Waals surface area contributed by atoms with Gasteiger partial charge in [-0.1, -0.05) is 41.9 Å². The Bertz CT molecular complexity index is 962. The van der Waals surface area contributed by atoms with Gasteiger partial charge >= 0.3 is 0 Å². The van der Waals surface area contributed by atoms with Gasteiger partial charge in [-0.3, -0.25) is 4.79 Å². The van der Waals surface area contributed by atoms with E-state index in [0.29, 0.717) is 23.0 Å². The highest BCUT2D eigenvalue weighted by Crippen LogP contribution is 2.28. The van der Waals surface area contributed by atoms with E-state index in [1.54, 1.807) is 16.8 Å². The quantitative estimate of drug-likeness (QED) is 0.726. The molecule has 1 amide bonds. The molecule has 0 bridgehead atoms. The lowest BCUT2D eigenvalue weighted by Crippen LogP contribution is -2.33. The van der Waals surface area contributed by atoms with Crippen LogP contribution in [0.5, 0.6) is 0 Å². The zero-order valence-corrected chi connectivity index (χ0v) is 15.3. The van der Waals surface area contributed by atoms with E-state index in [2.05, 4.69) is 10.4 Å². The molecule has 0 unspecified atom stereocenters. The maximum Gasteiger partial charge on any atom is 0.267 e. The second-order valence-corrected chi connectivity index (χ2v) is 6.73. The first kappa shape index (κ1) is 17.7. The smallest absolute Gasteiger partial charge is 0.267 e. The lowest BCUT2D eigenvalue weighted by Gasteiger charge is -2.24. The summed E-state index contributed by atoms with van der Waals surface area (Å²) >= 11 is 6.27. The molecule has 1 aliphatic heterocycles. The Hall–Kier alpha value is -2.67. The van der Waals surface area contributed by atoms with Crippen molar-refractivity contribution in [3.05, 3.63) is 70.9 Å². The van der Waals surface area contributed by atoms with Crippen LogP contribution in [0.3, 0.4) is 0 Å². The molecule has 1 saturated heterocycles. The number of rotatable bonds is 4. The summed E-state index contributed by atoms with van der Waals surface area (Å²) in [6, 6.07) is 16.8. The molecular weight excluding hydrogens is 364 g/mol. The average Bonchev–Trinajstić information content (AvgIpc) is 3.15. The molecule has 0 radical (unpaired) electrons. The lowest BCUT2D eigenvalue weighted by molar-refractivity contribution is 0.0277. The van der Waals surface area contributed by atoms with Crippen LogP contribution < -0.4 is 11.1 Å². The summed E-state index contributed by atoms with van der Waals surface area (Å²) < 4.78 is 7.32. The van der Waals surface area contributed by atoms with Crippen molar-refractivity contribution in [1.29, 1.82) is 0 Å². The maximum absolute atomic E-state index is 11.9. The van der Waals surface area contributed by atoms with Crippen molar-refractivity contribution in [2.24, 2.45) is 5.73 Å². The van der Waals surface area contributed by atoms with E-state index >= 15 is 0 Å². The number of primary amides is 1. The van der Waals surface area contributed by atoms with Gasteiger partial charge in [0.1, 0.15) is 5.69 Å². The number of aromatic nitrogens is 2. The number of ether oxygens (including phenoxy) is 1. The fourth-order valence-corrected chi connectivity index (χ4v) is 3.40. The van der Waals surface area contributed by atoms with Gasteiger partial charge in [0.05, 0.1) is 29.1 Å². The molecule has 2 heterocycles. The van der Waals surface area contributed by atoms with E-state index < -0.39 is 5.91 Å². The van der Waals surface area contributed by atoms with Crippen LogP contribution in [0.4, 0.5) is 0 Å². The molecule has 6 nitrogen and oxygen atoms in total. The minimum atomic E-state index is -0.551. The first-order chi connectivity index (χ1) is 13.1. The number of hydrogen-bond acceptors (Lipinski definition) is 4. The number of carbonyl (C=O) groups is 1. The Labute approximate surface area is 161 Å². The highest BCUT2D eigenvalue weighted by Gasteiger charge is 2.18. The Kier molecular flexibility index (Phi) is 4.94. The molecule has 3 aromatic rings. The molecule has 0 spiro atoms. The summed E-state index contributed by atoms with van der Waals surface area (Å²) in [4.78, 5) is 11.9. The van der Waals surface area contributed by atoms with Gasteiger partial charge in [-0.25, -0.2) is 4.68 Å². The molecule has 7 heteroatoms. The molecule has 2 aromatic carbocycles. The molecule has 1 aromatic heterocycles. The third kappa shape index (κ3) is 3.60. The highest BCUT2D eigenvalue weighted by atomic mass is 35.5. The molecular formula is C20H19ClN4O2. The van der Waals surface area contributed by atoms with Gasteiger partial charge < -0.3 is 15.8 Å². The van der Waals surface area contributed by atoms with Crippen LogP contribution in [0, 0.1) is 0 Å². The van der Waals surface area contributed by atoms with Gasteiger partial charge in [0.15, 0.2) is 0 Å². The van der Waals surface area contributed by atoms with Crippen LogP contribution in [0.1, 0.15) is 22.2 Å². The van der Waals surface area contributed by atoms with Crippen molar-refractivity contribution in [3.63, 3.8) is 0 Å². The number of amides is 1. The first-order valence-electron chi connectivity index (χ1n) is 8.71. The first-order valence-corrected chi connectivity index (χ1v) is 9.09. The van der Waals surface area contributed by atoms with Crippen molar-refractivity contribution in [1.82, 2.24) is 15.1 Å². The van der Waals surface area contributed by atoms with E-state index in [4.69, 9.17) is 22.1 Å². The Morgan fingerprint density at radius 2 is 2.00 bits per heavy atom. The zero-order valence-electron chi connectivity index (χ0n) is 14.6. The fourth-order valence-electron chi connectivity index (χ4n) is 3.16. The highest BCUT2D eigenvalue weighted by molar-refractivity contribution is 6.33. The Balaban J connectivity index is 1.70. The standard InChI is InChI=1S/C20H19ClN4O2/c21-16-4-2-1-3-15(16)17-11-18(20(22)26)25(24-17)14-7-5-13(6-8-14)19-12-23-9-10-27-19/h1-8,11,19,23H,9-10,12H2,(H2,22,26)/t19-/m0/s1. The molecule has 27 heavy (non-hydrogen) atoms. The number of halogens is 1. The third-order valence-electron chi connectivity index (χ3n) is 4.55. The molecule has 4 rings (SSSR count). The Morgan fingerprint density at radius 1 is 1.22 bits per heavy atom. The normalized spacial score (nSPS) is 17.0. The fraction of sp³-hybridized carbons (Fsp3) is 0.200. The number of carbonyl (C=O) groups excluding carboxylic acids is 1. The third-order valence-corrected chi connectivity index (χ3v) is 4.88. The van der Waals surface area contributed by atoms with Gasteiger partial charge in [-0.05, 0) is 29.8 Å². The Morgan fingerprint density at radius 3 is 2.67 bits per heavy atom. The topological polar surface area (TPSA) is 82.2 Å². The molecule has 138 valence electrons. The average molecular weight is 383 g/mol. The molecule has 1 fully saturated rings. The minimum absolute atomic E-state index is 0.0275. The largest absolute Gasteiger partial charge is 0.371 e. The van der Waals surface area contributed by atoms with Crippen LogP contribution in [0.2, 0.25) is 5.02 Å². The van der Waals surface area contributed by atoms with Crippen molar-refractivity contribution in [2.75, 3.05) is 19.7 Å². The maximum atomic E-state index is 11.9. The predicted molar refractivity (Wildman–Crippen MR) is 104 cm³/mol. The van der Waals surface area contributed by atoms with Gasteiger partial charge in [0.2, 0.25) is 0 Å². The van der Waals surface area contributed by atoms with E-state index in [-0.39, 0.29) is 6.10 Å². The molecule has 3 N–H and O–H groups in total. The second kappa shape index (κ2) is 7.52. The van der Waals surface area contributed by atoms with Gasteiger partial charge in [-0.15, -0.1) is 0 Å². The number of nitrogens with two attached hydrogens (primary N) is 1. The van der Waals surface area contributed by atoms with Crippen LogP contribution in [0.15, 0.2) is 54.6 Å². The second-order valence-electron chi connectivity index (χ2n) is 6.33. The SMILES string of the molecule is NC(=O)c1cc(-c2ccccc2Cl)nn1-c1ccc([C@@H]2CNCCO2)cc1. The summed E-state index contributed by atoms with van der Waals surface area (Å²) in [7, 11) is 0. The molecule has 0 saturated carbocycles. The van der Waals surface area contributed by atoms with Crippen molar-refractivity contribution < 1.29 is 9.53 Å². The lowest BCUT2D eigenvalue weighted by atomic mass is 10.1. The summed E-state index contributed by atoms with van der Waals surface area (Å²) in [5, 5.41) is 8.44. The molecule has 0 aliphatic carbocycles. The van der Waals surface area contributed by atoms with Crippen LogP contribution >= 0.6 is 11.6 Å². The summed E-state index contributed by atoms with van der Waals surface area (Å²) in [6.07, 6.45) is 0.0275. The number of morpholine rings is 1. The van der Waals surface area contributed by atoms with Crippen molar-refractivity contribution in [3.8, 4) is 16.9 Å². The minimum Gasteiger partial charge on any atom is -0.371 e.